The Balaban J connectivity index is 1.58. The molecule has 1 N–H and O–H groups in total. The number of likely N-dealkylation sites (tertiary alicyclic amines) is 1. The van der Waals surface area contributed by atoms with Gasteiger partial charge in [0.05, 0.1) is 28.4 Å². The van der Waals surface area contributed by atoms with E-state index in [1.54, 1.807) is 62.6 Å². The molecule has 8 nitrogen and oxygen atoms in total. The Kier molecular flexibility index (Phi) is 7.23. The van der Waals surface area contributed by atoms with E-state index in [2.05, 4.69) is 5.32 Å². The van der Waals surface area contributed by atoms with Gasteiger partial charge in [-0.15, -0.1) is 0 Å². The molecule has 0 unspecified atom stereocenters. The number of carbonyl (C=O) groups is 2. The summed E-state index contributed by atoms with van der Waals surface area (Å²) in [6.07, 6.45) is 1.36. The van der Waals surface area contributed by atoms with Gasteiger partial charge in [0, 0.05) is 30.3 Å². The SMILES string of the molecule is COc1ccc(C(=O)NC2CCN(C(=O)c3ccc(OC)c(OC)c3)CC2)cc1OC. The second-order valence-corrected chi connectivity index (χ2v) is 7.18. The molecule has 0 spiro atoms. The maximum Gasteiger partial charge on any atom is 0.253 e. The Morgan fingerprint density at radius 2 is 1.26 bits per heavy atom. The number of nitrogens with zero attached hydrogens (tertiary/aromatic N) is 1. The van der Waals surface area contributed by atoms with Crippen LogP contribution in [0.5, 0.6) is 23.0 Å². The zero-order chi connectivity index (χ0) is 22.4. The van der Waals surface area contributed by atoms with Gasteiger partial charge in [-0.25, -0.2) is 0 Å². The van der Waals surface area contributed by atoms with E-state index < -0.39 is 0 Å². The molecule has 2 aromatic rings. The maximum atomic E-state index is 12.9. The first kappa shape index (κ1) is 22.3. The minimum Gasteiger partial charge on any atom is -0.493 e. The van der Waals surface area contributed by atoms with Crippen molar-refractivity contribution >= 4 is 11.8 Å². The Bertz CT molecular complexity index is 938. The third kappa shape index (κ3) is 5.02. The average molecular weight is 428 g/mol. The molecule has 31 heavy (non-hydrogen) atoms. The van der Waals surface area contributed by atoms with Gasteiger partial charge in [0.25, 0.3) is 11.8 Å². The number of nitrogens with one attached hydrogen (secondary N) is 1. The Hall–Kier alpha value is -3.42. The van der Waals surface area contributed by atoms with Crippen LogP contribution in [0.2, 0.25) is 0 Å². The molecule has 0 aromatic heterocycles. The van der Waals surface area contributed by atoms with E-state index in [4.69, 9.17) is 18.9 Å². The van der Waals surface area contributed by atoms with Crippen LogP contribution in [-0.4, -0.2) is 64.3 Å². The third-order valence-electron chi connectivity index (χ3n) is 5.39. The lowest BCUT2D eigenvalue weighted by atomic mass is 10.0. The number of hydrogen-bond acceptors (Lipinski definition) is 6. The largest absolute Gasteiger partial charge is 0.493 e. The van der Waals surface area contributed by atoms with Crippen molar-refractivity contribution in [3.63, 3.8) is 0 Å². The highest BCUT2D eigenvalue weighted by atomic mass is 16.5. The molecule has 2 aromatic carbocycles. The van der Waals surface area contributed by atoms with Crippen LogP contribution < -0.4 is 24.3 Å². The second-order valence-electron chi connectivity index (χ2n) is 7.18. The minimum atomic E-state index is -0.175. The predicted octanol–water partition coefficient (Wildman–Crippen LogP) is 2.76. The maximum absolute atomic E-state index is 12.9. The summed E-state index contributed by atoms with van der Waals surface area (Å²) in [6, 6.07) is 10.2. The summed E-state index contributed by atoms with van der Waals surface area (Å²) in [5, 5.41) is 3.05. The Labute approximate surface area is 182 Å². The zero-order valence-electron chi connectivity index (χ0n) is 18.3. The number of benzene rings is 2. The van der Waals surface area contributed by atoms with E-state index in [0.717, 1.165) is 0 Å². The van der Waals surface area contributed by atoms with E-state index in [1.807, 2.05) is 0 Å². The van der Waals surface area contributed by atoms with Crippen molar-refractivity contribution in [1.82, 2.24) is 10.2 Å². The van der Waals surface area contributed by atoms with Crippen molar-refractivity contribution in [3.8, 4) is 23.0 Å². The van der Waals surface area contributed by atoms with Crippen molar-refractivity contribution in [1.29, 1.82) is 0 Å². The summed E-state index contributed by atoms with van der Waals surface area (Å²) in [6.45, 7) is 1.12. The van der Waals surface area contributed by atoms with Gasteiger partial charge in [-0.1, -0.05) is 0 Å². The summed E-state index contributed by atoms with van der Waals surface area (Å²) in [4.78, 5) is 27.3. The molecule has 1 aliphatic heterocycles. The molecule has 1 aliphatic rings. The lowest BCUT2D eigenvalue weighted by molar-refractivity contribution is 0.0697. The molecule has 3 rings (SSSR count). The highest BCUT2D eigenvalue weighted by molar-refractivity contribution is 5.96. The summed E-state index contributed by atoms with van der Waals surface area (Å²) in [5.74, 6) is 1.93. The monoisotopic (exact) mass is 428 g/mol. The normalized spacial score (nSPS) is 14.0. The van der Waals surface area contributed by atoms with Crippen LogP contribution in [0.4, 0.5) is 0 Å². The third-order valence-corrected chi connectivity index (χ3v) is 5.39. The second kappa shape index (κ2) is 10.1. The quantitative estimate of drug-likeness (QED) is 0.730. The smallest absolute Gasteiger partial charge is 0.253 e. The van der Waals surface area contributed by atoms with Gasteiger partial charge in [0.2, 0.25) is 0 Å². The predicted molar refractivity (Wildman–Crippen MR) is 115 cm³/mol. The van der Waals surface area contributed by atoms with Crippen LogP contribution in [0, 0.1) is 0 Å². The van der Waals surface area contributed by atoms with E-state index >= 15 is 0 Å². The van der Waals surface area contributed by atoms with E-state index in [-0.39, 0.29) is 17.9 Å². The molecule has 1 heterocycles. The first-order valence-electron chi connectivity index (χ1n) is 10.0. The molecule has 0 aliphatic carbocycles. The first-order valence-corrected chi connectivity index (χ1v) is 10.0. The number of carbonyl (C=O) groups excluding carboxylic acids is 2. The molecule has 0 radical (unpaired) electrons. The summed E-state index contributed by atoms with van der Waals surface area (Å²) < 4.78 is 21.0. The van der Waals surface area contributed by atoms with E-state index in [9.17, 15) is 9.59 Å². The molecular weight excluding hydrogens is 400 g/mol. The average Bonchev–Trinajstić information content (AvgIpc) is 2.82. The fourth-order valence-corrected chi connectivity index (χ4v) is 3.62. The summed E-state index contributed by atoms with van der Waals surface area (Å²) in [5.41, 5.74) is 1.05. The highest BCUT2D eigenvalue weighted by Crippen LogP contribution is 2.29. The van der Waals surface area contributed by atoms with Crippen LogP contribution in [0.15, 0.2) is 36.4 Å². The van der Waals surface area contributed by atoms with Crippen LogP contribution in [-0.2, 0) is 0 Å². The van der Waals surface area contributed by atoms with Crippen molar-refractivity contribution in [3.05, 3.63) is 47.5 Å². The van der Waals surface area contributed by atoms with Crippen molar-refractivity contribution in [2.45, 2.75) is 18.9 Å². The molecule has 0 saturated carbocycles. The zero-order valence-corrected chi connectivity index (χ0v) is 18.3. The first-order chi connectivity index (χ1) is 15.0. The van der Waals surface area contributed by atoms with Gasteiger partial charge < -0.3 is 29.2 Å². The molecule has 166 valence electrons. The molecule has 8 heteroatoms. The molecular formula is C23H28N2O6. The number of methoxy groups -OCH3 is 4. The molecule has 1 saturated heterocycles. The number of amides is 2. The van der Waals surface area contributed by atoms with Crippen LogP contribution in [0.1, 0.15) is 33.6 Å². The summed E-state index contributed by atoms with van der Waals surface area (Å²) >= 11 is 0. The molecule has 2 amide bonds. The molecule has 1 fully saturated rings. The minimum absolute atomic E-state index is 0.00458. The van der Waals surface area contributed by atoms with Gasteiger partial charge in [-0.3, -0.25) is 9.59 Å². The van der Waals surface area contributed by atoms with Crippen LogP contribution >= 0.6 is 0 Å². The number of ether oxygens (including phenoxy) is 4. The summed E-state index contributed by atoms with van der Waals surface area (Å²) in [7, 11) is 6.18. The van der Waals surface area contributed by atoms with Gasteiger partial charge in [-0.2, -0.15) is 0 Å². The van der Waals surface area contributed by atoms with Crippen LogP contribution in [0.25, 0.3) is 0 Å². The van der Waals surface area contributed by atoms with Crippen LogP contribution in [0.3, 0.4) is 0 Å². The molecule has 0 atom stereocenters. The van der Waals surface area contributed by atoms with Gasteiger partial charge >= 0.3 is 0 Å². The van der Waals surface area contributed by atoms with E-state index in [1.165, 1.54) is 7.11 Å². The highest BCUT2D eigenvalue weighted by Gasteiger charge is 2.25. The fourth-order valence-electron chi connectivity index (χ4n) is 3.62. The van der Waals surface area contributed by atoms with Gasteiger partial charge in [0.15, 0.2) is 23.0 Å². The lowest BCUT2D eigenvalue weighted by Crippen LogP contribution is -2.46. The standard InChI is InChI=1S/C23H28N2O6/c1-28-18-7-5-15(13-20(18)30-3)22(26)24-17-9-11-25(12-10-17)23(27)16-6-8-19(29-2)21(14-16)31-4/h5-8,13-14,17H,9-12H2,1-4H3,(H,24,26). The molecule has 0 bridgehead atoms. The number of rotatable bonds is 7. The number of hydrogen-bond donors (Lipinski definition) is 1. The van der Waals surface area contributed by atoms with Gasteiger partial charge in [0.1, 0.15) is 0 Å². The van der Waals surface area contributed by atoms with Crippen molar-refractivity contribution < 1.29 is 28.5 Å². The van der Waals surface area contributed by atoms with Crippen molar-refractivity contribution in [2.24, 2.45) is 0 Å². The van der Waals surface area contributed by atoms with Gasteiger partial charge in [-0.05, 0) is 49.2 Å². The van der Waals surface area contributed by atoms with E-state index in [0.29, 0.717) is 60.1 Å². The Morgan fingerprint density at radius 3 is 1.77 bits per heavy atom. The topological polar surface area (TPSA) is 86.3 Å². The Morgan fingerprint density at radius 1 is 0.774 bits per heavy atom. The number of piperidine rings is 1. The fraction of sp³-hybridized carbons (Fsp3) is 0.391. The lowest BCUT2D eigenvalue weighted by Gasteiger charge is -2.32. The van der Waals surface area contributed by atoms with Crippen molar-refractivity contribution in [2.75, 3.05) is 41.5 Å².